The maximum absolute atomic E-state index is 11.9. The molecule has 16 heavy (non-hydrogen) atoms. The summed E-state index contributed by atoms with van der Waals surface area (Å²) in [5.74, 6) is 0. The van der Waals surface area contributed by atoms with Crippen molar-refractivity contribution in [3.63, 3.8) is 0 Å². The summed E-state index contributed by atoms with van der Waals surface area (Å²) < 4.78 is 26.3. The fraction of sp³-hybridized carbons (Fsp3) is 0.556. The van der Waals surface area contributed by atoms with Gasteiger partial charge in [-0.2, -0.15) is 0 Å². The van der Waals surface area contributed by atoms with Crippen LogP contribution in [0.4, 0.5) is 0 Å². The Morgan fingerprint density at radius 2 is 2.31 bits per heavy atom. The average molecular weight is 242 g/mol. The molecule has 1 aliphatic rings. The van der Waals surface area contributed by atoms with E-state index in [2.05, 4.69) is 20.0 Å². The number of hydrogen-bond acceptors (Lipinski definition) is 5. The van der Waals surface area contributed by atoms with Crippen molar-refractivity contribution in [2.75, 3.05) is 13.1 Å². The van der Waals surface area contributed by atoms with Crippen LogP contribution in [-0.2, 0) is 10.0 Å². The highest BCUT2D eigenvalue weighted by Crippen LogP contribution is 2.07. The predicted octanol–water partition coefficient (Wildman–Crippen LogP) is -0.493. The third kappa shape index (κ3) is 2.75. The van der Waals surface area contributed by atoms with Gasteiger partial charge >= 0.3 is 0 Å². The Labute approximate surface area is 94.6 Å². The van der Waals surface area contributed by atoms with Gasteiger partial charge in [-0.3, -0.25) is 4.98 Å². The Bertz CT molecular complexity index is 428. The van der Waals surface area contributed by atoms with E-state index in [1.54, 1.807) is 0 Å². The molecule has 0 unspecified atom stereocenters. The van der Waals surface area contributed by atoms with E-state index in [9.17, 15) is 8.42 Å². The highest BCUT2D eigenvalue weighted by molar-refractivity contribution is 7.89. The van der Waals surface area contributed by atoms with Crippen LogP contribution in [0.2, 0.25) is 0 Å². The van der Waals surface area contributed by atoms with Crippen LogP contribution in [0.3, 0.4) is 0 Å². The van der Waals surface area contributed by atoms with E-state index >= 15 is 0 Å². The normalized spacial score (nSPS) is 21.9. The molecular weight excluding hydrogens is 228 g/mol. The van der Waals surface area contributed by atoms with Crippen molar-refractivity contribution in [2.24, 2.45) is 0 Å². The van der Waals surface area contributed by atoms with Gasteiger partial charge in [0, 0.05) is 25.0 Å². The highest BCUT2D eigenvalue weighted by Gasteiger charge is 2.22. The molecular formula is C9H14N4O2S. The number of hydrogen-bond donors (Lipinski definition) is 2. The number of rotatable bonds is 3. The summed E-state index contributed by atoms with van der Waals surface area (Å²) in [5.41, 5.74) is 0. The Morgan fingerprint density at radius 3 is 2.94 bits per heavy atom. The second-order valence-corrected chi connectivity index (χ2v) is 5.37. The lowest BCUT2D eigenvalue weighted by Gasteiger charge is -2.23. The van der Waals surface area contributed by atoms with Crippen LogP contribution in [0.5, 0.6) is 0 Å². The minimum atomic E-state index is -3.52. The molecule has 1 aliphatic heterocycles. The second kappa shape index (κ2) is 4.86. The largest absolute Gasteiger partial charge is 0.315 e. The van der Waals surface area contributed by atoms with Crippen LogP contribution in [0.15, 0.2) is 23.6 Å². The number of piperidine rings is 1. The third-order valence-corrected chi connectivity index (χ3v) is 3.84. The first-order valence-electron chi connectivity index (χ1n) is 5.17. The van der Waals surface area contributed by atoms with Crippen LogP contribution in [0, 0.1) is 0 Å². The zero-order valence-electron chi connectivity index (χ0n) is 8.76. The smallest absolute Gasteiger partial charge is 0.259 e. The van der Waals surface area contributed by atoms with E-state index < -0.39 is 10.0 Å². The van der Waals surface area contributed by atoms with Crippen molar-refractivity contribution in [1.82, 2.24) is 20.0 Å². The third-order valence-electron chi connectivity index (χ3n) is 2.43. The molecule has 0 bridgehead atoms. The van der Waals surface area contributed by atoms with Crippen LogP contribution in [-0.4, -0.2) is 37.5 Å². The molecule has 0 aromatic carbocycles. The molecule has 2 heterocycles. The summed E-state index contributed by atoms with van der Waals surface area (Å²) >= 11 is 0. The average Bonchev–Trinajstić information content (AvgIpc) is 2.31. The minimum Gasteiger partial charge on any atom is -0.315 e. The van der Waals surface area contributed by atoms with Crippen molar-refractivity contribution in [1.29, 1.82) is 0 Å². The van der Waals surface area contributed by atoms with Crippen molar-refractivity contribution in [2.45, 2.75) is 23.9 Å². The molecule has 7 heteroatoms. The number of nitrogens with zero attached hydrogens (tertiary/aromatic N) is 2. The summed E-state index contributed by atoms with van der Waals surface area (Å²) in [7, 11) is -3.52. The van der Waals surface area contributed by atoms with Gasteiger partial charge < -0.3 is 5.32 Å². The first-order chi connectivity index (χ1) is 7.68. The number of aromatic nitrogens is 2. The summed E-state index contributed by atoms with van der Waals surface area (Å²) in [4.78, 5) is 7.53. The second-order valence-electron chi connectivity index (χ2n) is 3.71. The molecule has 1 atom stereocenters. The molecule has 0 spiro atoms. The molecule has 0 amide bonds. The molecule has 0 radical (unpaired) electrons. The quantitative estimate of drug-likeness (QED) is 0.747. The van der Waals surface area contributed by atoms with Crippen LogP contribution in [0.25, 0.3) is 0 Å². The summed E-state index contributed by atoms with van der Waals surface area (Å²) in [6.45, 7) is 1.61. The van der Waals surface area contributed by atoms with Crippen molar-refractivity contribution >= 4 is 10.0 Å². The Morgan fingerprint density at radius 1 is 1.44 bits per heavy atom. The summed E-state index contributed by atoms with van der Waals surface area (Å²) in [5, 5.41) is 3.12. The van der Waals surface area contributed by atoms with Crippen molar-refractivity contribution in [3.8, 4) is 0 Å². The highest BCUT2D eigenvalue weighted by atomic mass is 32.2. The molecule has 1 aromatic rings. The van der Waals surface area contributed by atoms with Crippen molar-refractivity contribution < 1.29 is 8.42 Å². The van der Waals surface area contributed by atoms with E-state index in [0.717, 1.165) is 19.4 Å². The Balaban J connectivity index is 2.08. The lowest BCUT2D eigenvalue weighted by Crippen LogP contribution is -2.45. The molecule has 1 saturated heterocycles. The van der Waals surface area contributed by atoms with Crippen molar-refractivity contribution in [3.05, 3.63) is 18.6 Å². The van der Waals surface area contributed by atoms with Gasteiger partial charge in [-0.05, 0) is 19.4 Å². The SMILES string of the molecule is O=S(=O)(N[C@H]1CCCNC1)c1cnccn1. The van der Waals surface area contributed by atoms with E-state index in [1.165, 1.54) is 18.6 Å². The molecule has 0 saturated carbocycles. The van der Waals surface area contributed by atoms with Gasteiger partial charge in [0.05, 0.1) is 6.20 Å². The van der Waals surface area contributed by atoms with Gasteiger partial charge in [0.2, 0.25) is 0 Å². The molecule has 6 nitrogen and oxygen atoms in total. The van der Waals surface area contributed by atoms with Gasteiger partial charge in [-0.1, -0.05) is 0 Å². The summed E-state index contributed by atoms with van der Waals surface area (Å²) in [6.07, 6.45) is 5.90. The molecule has 1 aromatic heterocycles. The molecule has 2 N–H and O–H groups in total. The monoisotopic (exact) mass is 242 g/mol. The first kappa shape index (κ1) is 11.4. The van der Waals surface area contributed by atoms with E-state index in [0.29, 0.717) is 6.54 Å². The fourth-order valence-corrected chi connectivity index (χ4v) is 2.82. The maximum Gasteiger partial charge on any atom is 0.259 e. The van der Waals surface area contributed by atoms with E-state index in [1.807, 2.05) is 0 Å². The maximum atomic E-state index is 11.9. The van der Waals surface area contributed by atoms with Crippen LogP contribution < -0.4 is 10.0 Å². The molecule has 1 fully saturated rings. The number of sulfonamides is 1. The molecule has 2 rings (SSSR count). The van der Waals surface area contributed by atoms with Gasteiger partial charge in [0.25, 0.3) is 10.0 Å². The minimum absolute atomic E-state index is 0.0272. The summed E-state index contributed by atoms with van der Waals surface area (Å²) in [6, 6.07) is -0.0549. The van der Waals surface area contributed by atoms with Crippen LogP contribution >= 0.6 is 0 Å². The van der Waals surface area contributed by atoms with Gasteiger partial charge in [0.1, 0.15) is 0 Å². The Hall–Kier alpha value is -1.05. The lowest BCUT2D eigenvalue weighted by molar-refractivity contribution is 0.428. The fourth-order valence-electron chi connectivity index (χ4n) is 1.66. The van der Waals surface area contributed by atoms with Gasteiger partial charge in [-0.15, -0.1) is 0 Å². The lowest BCUT2D eigenvalue weighted by atomic mass is 10.1. The first-order valence-corrected chi connectivity index (χ1v) is 6.66. The zero-order chi connectivity index (χ0) is 11.4. The Kier molecular flexibility index (Phi) is 3.47. The standard InChI is InChI=1S/C9H14N4O2S/c14-16(15,9-7-11-4-5-12-9)13-8-2-1-3-10-6-8/h4-5,7-8,10,13H,1-3,6H2/t8-/m0/s1. The topological polar surface area (TPSA) is 84.0 Å². The van der Waals surface area contributed by atoms with E-state index in [4.69, 9.17) is 0 Å². The van der Waals surface area contributed by atoms with Gasteiger partial charge in [-0.25, -0.2) is 18.1 Å². The number of nitrogens with one attached hydrogen (secondary N) is 2. The zero-order valence-corrected chi connectivity index (χ0v) is 9.57. The molecule has 0 aliphatic carbocycles. The van der Waals surface area contributed by atoms with Gasteiger partial charge in [0.15, 0.2) is 5.03 Å². The van der Waals surface area contributed by atoms with E-state index in [-0.39, 0.29) is 11.1 Å². The molecule has 88 valence electrons. The van der Waals surface area contributed by atoms with Crippen LogP contribution in [0.1, 0.15) is 12.8 Å². The predicted molar refractivity (Wildman–Crippen MR) is 58.2 cm³/mol.